The monoisotopic (exact) mass is 352 g/mol. The number of benzene rings is 2. The van der Waals surface area contributed by atoms with Crippen LogP contribution in [0, 0.1) is 0 Å². The topological polar surface area (TPSA) is 41.6 Å². The molecule has 1 aliphatic heterocycles. The van der Waals surface area contributed by atoms with E-state index in [0.29, 0.717) is 5.75 Å². The first-order valence-electron chi connectivity index (χ1n) is 9.37. The smallest absolute Gasteiger partial charge is 0.408 e. The van der Waals surface area contributed by atoms with Crippen LogP contribution in [0.4, 0.5) is 16.2 Å². The Hall–Kier alpha value is -2.49. The third-order valence-electron chi connectivity index (χ3n) is 4.76. The Morgan fingerprint density at radius 3 is 2.27 bits per heavy atom. The molecule has 1 amide bonds. The van der Waals surface area contributed by atoms with Crippen LogP contribution in [-0.2, 0) is 5.41 Å². The molecule has 2 aromatic rings. The number of anilines is 2. The minimum atomic E-state index is -0.460. The van der Waals surface area contributed by atoms with Crippen molar-refractivity contribution in [1.29, 1.82) is 0 Å². The van der Waals surface area contributed by atoms with Crippen molar-refractivity contribution >= 4 is 17.5 Å². The molecule has 1 saturated heterocycles. The molecular weight excluding hydrogens is 324 g/mol. The lowest BCUT2D eigenvalue weighted by Crippen LogP contribution is -2.30. The summed E-state index contributed by atoms with van der Waals surface area (Å²) in [5.74, 6) is 0.609. The zero-order valence-electron chi connectivity index (χ0n) is 15.9. The van der Waals surface area contributed by atoms with Crippen molar-refractivity contribution in [3.63, 3.8) is 0 Å². The first kappa shape index (κ1) is 18.3. The van der Waals surface area contributed by atoms with Crippen molar-refractivity contribution < 1.29 is 9.53 Å². The van der Waals surface area contributed by atoms with Gasteiger partial charge >= 0.3 is 6.09 Å². The number of nitrogens with zero attached hydrogens (tertiary/aromatic N) is 1. The van der Waals surface area contributed by atoms with Crippen LogP contribution in [0.5, 0.6) is 5.75 Å². The highest BCUT2D eigenvalue weighted by Gasteiger charge is 2.17. The SMILES string of the molecule is CC(C)(C)c1ccc(NC(=O)Oc2ccccc2N2CCCCC2)cc1. The Kier molecular flexibility index (Phi) is 5.50. The summed E-state index contributed by atoms with van der Waals surface area (Å²) in [7, 11) is 0. The first-order chi connectivity index (χ1) is 12.4. The maximum Gasteiger partial charge on any atom is 0.417 e. The quantitative estimate of drug-likeness (QED) is 0.783. The fourth-order valence-electron chi connectivity index (χ4n) is 3.24. The van der Waals surface area contributed by atoms with Gasteiger partial charge in [-0.25, -0.2) is 4.79 Å². The van der Waals surface area contributed by atoms with Gasteiger partial charge in [-0.05, 0) is 54.5 Å². The lowest BCUT2D eigenvalue weighted by atomic mass is 9.87. The summed E-state index contributed by atoms with van der Waals surface area (Å²) in [4.78, 5) is 14.6. The molecule has 4 heteroatoms. The molecule has 0 aromatic heterocycles. The third kappa shape index (κ3) is 4.57. The summed E-state index contributed by atoms with van der Waals surface area (Å²) in [6.07, 6.45) is 3.17. The van der Waals surface area contributed by atoms with Gasteiger partial charge in [0.2, 0.25) is 0 Å². The van der Waals surface area contributed by atoms with E-state index in [9.17, 15) is 4.79 Å². The highest BCUT2D eigenvalue weighted by atomic mass is 16.6. The average Bonchev–Trinajstić information content (AvgIpc) is 2.62. The molecule has 1 aliphatic rings. The van der Waals surface area contributed by atoms with Crippen LogP contribution in [0.2, 0.25) is 0 Å². The van der Waals surface area contributed by atoms with Crippen LogP contribution in [0.3, 0.4) is 0 Å². The molecule has 0 spiro atoms. The van der Waals surface area contributed by atoms with Crippen molar-refractivity contribution in [2.75, 3.05) is 23.3 Å². The Bertz CT molecular complexity index is 741. The molecule has 0 radical (unpaired) electrons. The zero-order valence-corrected chi connectivity index (χ0v) is 15.9. The van der Waals surface area contributed by atoms with E-state index in [-0.39, 0.29) is 5.41 Å². The summed E-state index contributed by atoms with van der Waals surface area (Å²) >= 11 is 0. The number of piperidine rings is 1. The van der Waals surface area contributed by atoms with Gasteiger partial charge in [0, 0.05) is 18.8 Å². The maximum atomic E-state index is 12.3. The molecule has 3 rings (SSSR count). The van der Waals surface area contributed by atoms with E-state index in [1.165, 1.54) is 24.8 Å². The first-order valence-corrected chi connectivity index (χ1v) is 9.37. The molecule has 1 fully saturated rings. The van der Waals surface area contributed by atoms with Crippen LogP contribution < -0.4 is 15.0 Å². The van der Waals surface area contributed by atoms with Gasteiger partial charge in [-0.1, -0.05) is 45.0 Å². The zero-order chi connectivity index (χ0) is 18.6. The number of amides is 1. The van der Waals surface area contributed by atoms with Crippen LogP contribution >= 0.6 is 0 Å². The molecule has 4 nitrogen and oxygen atoms in total. The molecule has 1 N–H and O–H groups in total. The van der Waals surface area contributed by atoms with Gasteiger partial charge in [-0.3, -0.25) is 5.32 Å². The number of rotatable bonds is 3. The molecule has 0 bridgehead atoms. The van der Waals surface area contributed by atoms with Crippen molar-refractivity contribution in [2.24, 2.45) is 0 Å². The van der Waals surface area contributed by atoms with E-state index < -0.39 is 6.09 Å². The number of carbonyl (C=O) groups excluding carboxylic acids is 1. The van der Waals surface area contributed by atoms with E-state index in [1.54, 1.807) is 0 Å². The van der Waals surface area contributed by atoms with Gasteiger partial charge in [0.1, 0.15) is 0 Å². The van der Waals surface area contributed by atoms with Gasteiger partial charge in [0.05, 0.1) is 5.69 Å². The Labute approximate surface area is 156 Å². The largest absolute Gasteiger partial charge is 0.417 e. The number of hydrogen-bond donors (Lipinski definition) is 1. The van der Waals surface area contributed by atoms with Crippen molar-refractivity contribution in [1.82, 2.24) is 0 Å². The predicted molar refractivity (Wildman–Crippen MR) is 107 cm³/mol. The van der Waals surface area contributed by atoms with Crippen LogP contribution in [0.15, 0.2) is 48.5 Å². The average molecular weight is 352 g/mol. The van der Waals surface area contributed by atoms with E-state index >= 15 is 0 Å². The van der Waals surface area contributed by atoms with Gasteiger partial charge in [-0.2, -0.15) is 0 Å². The number of para-hydroxylation sites is 2. The summed E-state index contributed by atoms with van der Waals surface area (Å²) in [5.41, 5.74) is 3.04. The van der Waals surface area contributed by atoms with Gasteiger partial charge in [-0.15, -0.1) is 0 Å². The summed E-state index contributed by atoms with van der Waals surface area (Å²) < 4.78 is 5.61. The highest BCUT2D eigenvalue weighted by molar-refractivity contribution is 5.87. The molecule has 0 unspecified atom stereocenters. The molecule has 26 heavy (non-hydrogen) atoms. The Morgan fingerprint density at radius 1 is 0.962 bits per heavy atom. The van der Waals surface area contributed by atoms with Crippen molar-refractivity contribution in [3.8, 4) is 5.75 Å². The number of nitrogens with one attached hydrogen (secondary N) is 1. The van der Waals surface area contributed by atoms with Crippen LogP contribution in [0.1, 0.15) is 45.6 Å². The number of carbonyl (C=O) groups is 1. The van der Waals surface area contributed by atoms with Gasteiger partial charge in [0.15, 0.2) is 5.75 Å². The second kappa shape index (κ2) is 7.81. The molecule has 0 atom stereocenters. The lowest BCUT2D eigenvalue weighted by Gasteiger charge is -2.29. The molecule has 138 valence electrons. The fraction of sp³-hybridized carbons (Fsp3) is 0.409. The Balaban J connectivity index is 1.67. The van der Waals surface area contributed by atoms with E-state index in [2.05, 4.69) is 31.0 Å². The summed E-state index contributed by atoms with van der Waals surface area (Å²) in [6, 6.07) is 15.7. The molecule has 0 saturated carbocycles. The second-order valence-corrected chi connectivity index (χ2v) is 7.86. The number of ether oxygens (including phenoxy) is 1. The normalized spacial score (nSPS) is 14.8. The van der Waals surface area contributed by atoms with Crippen LogP contribution in [0.25, 0.3) is 0 Å². The summed E-state index contributed by atoms with van der Waals surface area (Å²) in [6.45, 7) is 8.52. The summed E-state index contributed by atoms with van der Waals surface area (Å²) in [5, 5.41) is 2.82. The molecule has 0 aliphatic carbocycles. The van der Waals surface area contributed by atoms with E-state index in [4.69, 9.17) is 4.74 Å². The fourth-order valence-corrected chi connectivity index (χ4v) is 3.24. The van der Waals surface area contributed by atoms with Gasteiger partial charge in [0.25, 0.3) is 0 Å². The van der Waals surface area contributed by atoms with Gasteiger partial charge < -0.3 is 9.64 Å². The molecule has 1 heterocycles. The second-order valence-electron chi connectivity index (χ2n) is 7.86. The van der Waals surface area contributed by atoms with Crippen LogP contribution in [-0.4, -0.2) is 19.2 Å². The van der Waals surface area contributed by atoms with Crippen molar-refractivity contribution in [3.05, 3.63) is 54.1 Å². The minimum Gasteiger partial charge on any atom is -0.408 e. The third-order valence-corrected chi connectivity index (χ3v) is 4.76. The highest BCUT2D eigenvalue weighted by Crippen LogP contribution is 2.30. The Morgan fingerprint density at radius 2 is 1.62 bits per heavy atom. The van der Waals surface area contributed by atoms with E-state index in [1.807, 2.05) is 48.5 Å². The maximum absolute atomic E-state index is 12.3. The molecule has 2 aromatic carbocycles. The predicted octanol–water partition coefficient (Wildman–Crippen LogP) is 5.59. The molecular formula is C22H28N2O2. The van der Waals surface area contributed by atoms with Crippen molar-refractivity contribution in [2.45, 2.75) is 45.4 Å². The van der Waals surface area contributed by atoms with E-state index in [0.717, 1.165) is 24.5 Å². The minimum absolute atomic E-state index is 0.0897. The standard InChI is InChI=1S/C22H28N2O2/c1-22(2,3)17-11-13-18(14-12-17)23-21(25)26-20-10-6-5-9-19(20)24-15-7-4-8-16-24/h5-6,9-14H,4,7-8,15-16H2,1-3H3,(H,23,25). The lowest BCUT2D eigenvalue weighted by molar-refractivity contribution is 0.215. The number of hydrogen-bond acceptors (Lipinski definition) is 3.